The van der Waals surface area contributed by atoms with Crippen LogP contribution in [0.3, 0.4) is 0 Å². The maximum Gasteiger partial charge on any atom is 0.416 e. The molecule has 0 aliphatic carbocycles. The number of ketones is 2. The summed E-state index contributed by atoms with van der Waals surface area (Å²) in [6.07, 6.45) is -8.93. The molecular formula is C94H85Cl2F9N14O3S. The highest BCUT2D eigenvalue weighted by Crippen LogP contribution is 2.39. The van der Waals surface area contributed by atoms with E-state index in [9.17, 15) is 53.9 Å². The van der Waals surface area contributed by atoms with Gasteiger partial charge in [0.1, 0.15) is 23.1 Å². The van der Waals surface area contributed by atoms with Gasteiger partial charge in [-0.2, -0.15) is 39.5 Å². The Hall–Kier alpha value is -11.8. The normalized spacial score (nSPS) is 14.6. The second-order valence-electron chi connectivity index (χ2n) is 30.6. The van der Waals surface area contributed by atoms with Crippen LogP contribution in [0.2, 0.25) is 10.0 Å². The van der Waals surface area contributed by atoms with Crippen molar-refractivity contribution >= 4 is 107 Å². The van der Waals surface area contributed by atoms with Gasteiger partial charge in [0.15, 0.2) is 16.6 Å². The van der Waals surface area contributed by atoms with Gasteiger partial charge in [0, 0.05) is 205 Å². The number of fused-ring (bicyclic) bond motifs is 3. The van der Waals surface area contributed by atoms with Crippen LogP contribution in [0.1, 0.15) is 119 Å². The summed E-state index contributed by atoms with van der Waals surface area (Å²) in [7, 11) is 6.00. The summed E-state index contributed by atoms with van der Waals surface area (Å²) in [4.78, 5) is 69.1. The fourth-order valence-corrected chi connectivity index (χ4v) is 15.7. The number of amides is 1. The lowest BCUT2D eigenvalue weighted by Gasteiger charge is -2.33. The summed E-state index contributed by atoms with van der Waals surface area (Å²) < 4.78 is 126. The quantitative estimate of drug-likeness (QED) is 0.0453. The van der Waals surface area contributed by atoms with Crippen LogP contribution in [-0.4, -0.2) is 166 Å². The molecule has 29 heteroatoms. The summed E-state index contributed by atoms with van der Waals surface area (Å²) in [5.41, 5.74) is 22.1. The van der Waals surface area contributed by atoms with Gasteiger partial charge >= 0.3 is 18.5 Å². The average molecular weight is 1730 g/mol. The maximum absolute atomic E-state index is 14.0. The number of anilines is 4. The van der Waals surface area contributed by atoms with Crippen LogP contribution >= 0.6 is 34.5 Å². The van der Waals surface area contributed by atoms with E-state index in [0.717, 1.165) is 108 Å². The summed E-state index contributed by atoms with van der Waals surface area (Å²) in [5, 5.41) is 9.03. The van der Waals surface area contributed by atoms with Gasteiger partial charge in [0.25, 0.3) is 5.91 Å². The van der Waals surface area contributed by atoms with Crippen molar-refractivity contribution in [1.29, 1.82) is 0 Å². The lowest BCUT2D eigenvalue weighted by atomic mass is 9.96. The van der Waals surface area contributed by atoms with Crippen LogP contribution in [-0.2, 0) is 51.0 Å². The molecular weight excluding hydrogens is 1650 g/mol. The molecule has 0 radical (unpaired) electrons. The van der Waals surface area contributed by atoms with E-state index in [0.29, 0.717) is 102 Å². The molecule has 0 atom stereocenters. The van der Waals surface area contributed by atoms with E-state index in [1.165, 1.54) is 35.6 Å². The maximum atomic E-state index is 14.0. The van der Waals surface area contributed by atoms with Crippen molar-refractivity contribution in [1.82, 2.24) is 49.3 Å². The van der Waals surface area contributed by atoms with Gasteiger partial charge in [-0.3, -0.25) is 29.1 Å². The van der Waals surface area contributed by atoms with E-state index in [4.69, 9.17) is 40.4 Å². The van der Waals surface area contributed by atoms with Crippen molar-refractivity contribution in [2.24, 2.45) is 0 Å². The average Bonchev–Trinajstić information content (AvgIpc) is 1.03. The van der Waals surface area contributed by atoms with Gasteiger partial charge in [-0.25, -0.2) is 19.9 Å². The van der Waals surface area contributed by atoms with Crippen LogP contribution in [0.4, 0.5) is 62.7 Å². The van der Waals surface area contributed by atoms with Crippen molar-refractivity contribution in [2.45, 2.75) is 64.9 Å². The number of piperazine rings is 3. The number of alkyl halides is 9. The minimum Gasteiger partial charge on any atom is -0.383 e. The predicted octanol–water partition coefficient (Wildman–Crippen LogP) is 17.4. The molecule has 632 valence electrons. The molecule has 0 spiro atoms. The van der Waals surface area contributed by atoms with Gasteiger partial charge < -0.3 is 37.2 Å². The Morgan fingerprint density at radius 3 is 1.37 bits per heavy atom. The Balaban J connectivity index is 0.000000159. The largest absolute Gasteiger partial charge is 0.416 e. The highest BCUT2D eigenvalue weighted by Gasteiger charge is 2.38. The lowest BCUT2D eigenvalue weighted by Crippen LogP contribution is -2.44. The van der Waals surface area contributed by atoms with E-state index in [1.54, 1.807) is 104 Å². The van der Waals surface area contributed by atoms with Crippen LogP contribution in [0.5, 0.6) is 0 Å². The number of halogens is 11. The molecule has 0 unspecified atom stereocenters. The molecule has 0 bridgehead atoms. The molecule has 12 aromatic rings. The van der Waals surface area contributed by atoms with Gasteiger partial charge in [0.2, 0.25) is 0 Å². The van der Waals surface area contributed by atoms with Crippen molar-refractivity contribution in [3.8, 4) is 35.5 Å². The Kier molecular flexibility index (Phi) is 28.0. The van der Waals surface area contributed by atoms with Gasteiger partial charge in [-0.15, -0.1) is 11.3 Å². The van der Waals surface area contributed by atoms with Gasteiger partial charge in [0.05, 0.1) is 33.4 Å². The fourth-order valence-electron chi connectivity index (χ4n) is 14.6. The summed E-state index contributed by atoms with van der Waals surface area (Å²) in [6.45, 7) is 13.4. The first kappa shape index (κ1) is 89.0. The summed E-state index contributed by atoms with van der Waals surface area (Å²) >= 11 is 13.6. The first-order valence-electron chi connectivity index (χ1n) is 39.4. The van der Waals surface area contributed by atoms with E-state index in [-0.39, 0.29) is 83.7 Å². The number of Topliss-reactive ketones (excluding diaryl/α,β-unsaturated/α-hetero) is 2. The van der Waals surface area contributed by atoms with Crippen molar-refractivity contribution in [2.75, 3.05) is 122 Å². The number of nitrogen functional groups attached to an aromatic ring is 3. The van der Waals surface area contributed by atoms with E-state index >= 15 is 0 Å². The molecule has 3 saturated heterocycles. The molecule has 7 heterocycles. The van der Waals surface area contributed by atoms with Crippen molar-refractivity contribution in [3.05, 3.63) is 291 Å². The number of thiazole rings is 1. The molecule has 3 fully saturated rings. The van der Waals surface area contributed by atoms with E-state index in [2.05, 4.69) is 75.5 Å². The number of nitrogens with two attached hydrogens (primary N) is 3. The number of nitrogens with zero attached hydrogens (tertiary/aromatic N) is 10. The number of carbonyl (C=O) groups is 3. The number of carbonyl (C=O) groups excluding carboxylic acids is 3. The number of aryl methyl sites for hydroxylation is 2. The summed E-state index contributed by atoms with van der Waals surface area (Å²) in [5.74, 6) is 18.1. The smallest absolute Gasteiger partial charge is 0.383 e. The molecule has 123 heavy (non-hydrogen) atoms. The first-order valence-corrected chi connectivity index (χ1v) is 40.9. The fraction of sp³-hybridized carbons (Fsp3) is 0.266. The topological polar surface area (TPSA) is 212 Å². The lowest BCUT2D eigenvalue weighted by molar-refractivity contribution is -0.139. The zero-order valence-electron chi connectivity index (χ0n) is 67.8. The second kappa shape index (κ2) is 38.7. The third-order valence-corrected chi connectivity index (χ3v) is 23.0. The van der Waals surface area contributed by atoms with E-state index < -0.39 is 41.1 Å². The molecule has 0 saturated carbocycles. The first-order chi connectivity index (χ1) is 58.6. The van der Waals surface area contributed by atoms with Crippen LogP contribution in [0.25, 0.3) is 32.3 Å². The Morgan fingerprint density at radius 2 is 0.886 bits per heavy atom. The molecule has 3 aliphatic rings. The van der Waals surface area contributed by atoms with Gasteiger partial charge in [-0.1, -0.05) is 138 Å². The van der Waals surface area contributed by atoms with Crippen LogP contribution < -0.4 is 22.5 Å². The molecule has 7 N–H and O–H groups in total. The predicted molar refractivity (Wildman–Crippen MR) is 468 cm³/mol. The number of nitrogens with one attached hydrogen (secondary N) is 1. The number of rotatable bonds is 14. The Bertz CT molecular complexity index is 6170. The Morgan fingerprint density at radius 1 is 0.447 bits per heavy atom. The molecule has 4 aromatic heterocycles. The van der Waals surface area contributed by atoms with Crippen LogP contribution in [0, 0.1) is 49.4 Å². The number of aromatic nitrogens is 4. The van der Waals surface area contributed by atoms with E-state index in [1.807, 2.05) is 79.2 Å². The molecule has 3 aliphatic heterocycles. The number of benzene rings is 8. The number of pyridine rings is 3. The minimum absolute atomic E-state index is 0.0545. The third-order valence-electron chi connectivity index (χ3n) is 21.6. The highest BCUT2D eigenvalue weighted by molar-refractivity contribution is 7.12. The molecule has 8 aromatic carbocycles. The zero-order valence-corrected chi connectivity index (χ0v) is 70.1. The number of hydrogen-bond donors (Lipinski definition) is 4. The van der Waals surface area contributed by atoms with Gasteiger partial charge in [-0.05, 0) is 147 Å². The number of likely N-dealkylation sites (N-methyl/N-ethyl adjacent to an activating group) is 3. The third kappa shape index (κ3) is 22.9. The number of hydrogen-bond acceptors (Lipinski definition) is 17. The molecule has 15 rings (SSSR count). The van der Waals surface area contributed by atoms with Crippen molar-refractivity contribution in [3.63, 3.8) is 0 Å². The standard InChI is InChI=1S/C33H30ClF3N4O.C32H28ClF3N4O.C29H27F3N6OS/c1-21-15-24(6-5-23(21)8-10-28-29-18-27(34)9-7-25(29)19-39-32(28)38)31(42)17-22-3-4-26(30(16-22)33(35,36)37)20-41-13-11-40(2)12-14-41;1-39-12-14-40(15-13-39)20-25-8-4-22(16-29(25)32(34,35)36)17-30(41)23-6-2-21(3-7-23)5-11-27-28-18-26(33)10-9-24(28)19-38-31(27)37;1-18-26(36-25(40-18)10-8-19-16-34-27(33)23-6-4-3-5-22(19)23)28(39)35-21-9-7-20(24(15-21)29(30,31)32)17-38-13-11-37(2)12-14-38/h3-7,9,15-16,18-19H,11-14,17,20H2,1-2H3,(H2,38,39);2-4,6-10,16,18-19H,12-15,17,20H2,1H3,(H2,37,38);3-7,9,15-16H,11-14,17H2,1-2H3,(H2,33,34)(H,35,39). The SMILES string of the molecule is CN1CCN(Cc2ccc(CC(=O)c3ccc(C#Cc4c(N)ncc5ccc(Cl)cc45)cc3)cc2C(F)(F)F)CC1.Cc1cc(C(=O)Cc2ccc(CN3CCN(C)CC3)c(C(F)(F)F)c2)ccc1C#Cc1c(N)ncc2ccc(Cl)cc12.Cc1sc(C#Cc2cnc(N)c3ccccc23)nc1C(=O)Nc1ccc(CN2CCN(C)CC2)c(C(F)(F)F)c1. The molecule has 17 nitrogen and oxygen atoms in total. The van der Waals surface area contributed by atoms with Crippen molar-refractivity contribution < 1.29 is 53.9 Å². The Labute approximate surface area is 720 Å². The minimum atomic E-state index is -4.55. The van der Waals surface area contributed by atoms with Crippen LogP contribution in [0.15, 0.2) is 176 Å². The zero-order chi connectivity index (χ0) is 87.6. The molecule has 1 amide bonds. The summed E-state index contributed by atoms with van der Waals surface area (Å²) in [6, 6.07) is 42.4. The second-order valence-corrected chi connectivity index (χ2v) is 32.7. The highest BCUT2D eigenvalue weighted by atomic mass is 35.5. The monoisotopic (exact) mass is 1730 g/mol.